The number of hydrogen-bond acceptors (Lipinski definition) is 5. The van der Waals surface area contributed by atoms with Crippen molar-refractivity contribution in [2.24, 2.45) is 0 Å². The van der Waals surface area contributed by atoms with Crippen LogP contribution in [0, 0.1) is 6.92 Å². The molecule has 1 aromatic heterocycles. The van der Waals surface area contributed by atoms with Crippen LogP contribution < -0.4 is 9.47 Å². The minimum Gasteiger partial charge on any atom is -0.485 e. The van der Waals surface area contributed by atoms with Crippen molar-refractivity contribution >= 4 is 17.6 Å². The van der Waals surface area contributed by atoms with Crippen molar-refractivity contribution in [3.05, 3.63) is 89.1 Å². The first-order valence-electron chi connectivity index (χ1n) is 8.46. The number of rotatable bonds is 5. The molecule has 3 aromatic rings. The molecule has 2 heterocycles. The van der Waals surface area contributed by atoms with E-state index in [0.29, 0.717) is 33.9 Å². The van der Waals surface area contributed by atoms with Gasteiger partial charge in [0.1, 0.15) is 17.3 Å². The maximum atomic E-state index is 12.5. The fourth-order valence-corrected chi connectivity index (χ4v) is 2.88. The zero-order valence-corrected chi connectivity index (χ0v) is 14.6. The summed E-state index contributed by atoms with van der Waals surface area (Å²) in [6, 6.07) is 15.8. The van der Waals surface area contributed by atoms with Crippen molar-refractivity contribution in [3.8, 4) is 11.5 Å². The molecule has 0 aliphatic carbocycles. The molecule has 27 heavy (non-hydrogen) atoms. The highest BCUT2D eigenvalue weighted by molar-refractivity contribution is 6.14. The lowest BCUT2D eigenvalue weighted by atomic mass is 10.1. The number of fused-ring (bicyclic) bond motifs is 1. The number of carbonyl (C=O) groups is 2. The van der Waals surface area contributed by atoms with Gasteiger partial charge in [0.05, 0.1) is 11.8 Å². The molecule has 1 aliphatic rings. The highest BCUT2D eigenvalue weighted by Crippen LogP contribution is 2.39. The largest absolute Gasteiger partial charge is 0.485 e. The zero-order chi connectivity index (χ0) is 18.8. The molecule has 0 saturated heterocycles. The monoisotopic (exact) mass is 360 g/mol. The van der Waals surface area contributed by atoms with E-state index in [-0.39, 0.29) is 23.9 Å². The van der Waals surface area contributed by atoms with Gasteiger partial charge >= 0.3 is 0 Å². The summed E-state index contributed by atoms with van der Waals surface area (Å²) >= 11 is 0. The first-order valence-corrected chi connectivity index (χ1v) is 8.46. The fraction of sp³-hybridized carbons (Fsp3) is 0.0909. The lowest BCUT2D eigenvalue weighted by Gasteiger charge is -2.11. The summed E-state index contributed by atoms with van der Waals surface area (Å²) in [5.74, 6) is 1.35. The molecule has 0 radical (unpaired) electrons. The molecule has 0 fully saturated rings. The van der Waals surface area contributed by atoms with E-state index in [1.807, 2.05) is 6.07 Å². The van der Waals surface area contributed by atoms with Crippen LogP contribution in [0.15, 0.2) is 71.0 Å². The summed E-state index contributed by atoms with van der Waals surface area (Å²) in [6.45, 7) is 1.71. The fourth-order valence-electron chi connectivity index (χ4n) is 2.88. The highest BCUT2D eigenvalue weighted by Gasteiger charge is 2.30. The molecule has 0 unspecified atom stereocenters. The van der Waals surface area contributed by atoms with Gasteiger partial charge in [0.25, 0.3) is 0 Å². The standard InChI is InChI=1S/C22H16O5/c1-14-19(26-13-18(23)15-6-3-2-4-7-15)10-9-17-21(24)20(27-22(14)17)12-16-8-5-11-25-16/h2-12H,13H2,1H3/b20-12-. The van der Waals surface area contributed by atoms with E-state index in [1.54, 1.807) is 61.5 Å². The van der Waals surface area contributed by atoms with Gasteiger partial charge in [0.2, 0.25) is 5.78 Å². The molecule has 0 N–H and O–H groups in total. The third-order valence-electron chi connectivity index (χ3n) is 4.31. The molecule has 134 valence electrons. The molecule has 0 bridgehead atoms. The van der Waals surface area contributed by atoms with Crippen molar-refractivity contribution in [2.45, 2.75) is 6.92 Å². The molecule has 0 saturated carbocycles. The van der Waals surface area contributed by atoms with Gasteiger partial charge < -0.3 is 13.9 Å². The second kappa shape index (κ2) is 6.96. The quantitative estimate of drug-likeness (QED) is 0.496. The molecule has 1 aliphatic heterocycles. The van der Waals surface area contributed by atoms with Crippen molar-refractivity contribution in [2.75, 3.05) is 6.61 Å². The van der Waals surface area contributed by atoms with Gasteiger partial charge in [-0.2, -0.15) is 0 Å². The van der Waals surface area contributed by atoms with Gasteiger partial charge in [-0.05, 0) is 31.2 Å². The molecule has 2 aromatic carbocycles. The Morgan fingerprint density at radius 1 is 1.07 bits per heavy atom. The number of ketones is 2. The van der Waals surface area contributed by atoms with Crippen LogP contribution in [0.1, 0.15) is 32.0 Å². The first kappa shape index (κ1) is 16.8. The average Bonchev–Trinajstić information content (AvgIpc) is 3.31. The van der Waals surface area contributed by atoms with Crippen LogP contribution in [0.25, 0.3) is 6.08 Å². The van der Waals surface area contributed by atoms with E-state index in [0.717, 1.165) is 0 Å². The smallest absolute Gasteiger partial charge is 0.232 e. The van der Waals surface area contributed by atoms with Crippen molar-refractivity contribution in [1.82, 2.24) is 0 Å². The van der Waals surface area contributed by atoms with Crippen LogP contribution in [0.5, 0.6) is 11.5 Å². The van der Waals surface area contributed by atoms with E-state index in [9.17, 15) is 9.59 Å². The Kier molecular flexibility index (Phi) is 4.34. The molecular weight excluding hydrogens is 344 g/mol. The Morgan fingerprint density at radius 3 is 2.63 bits per heavy atom. The molecule has 0 spiro atoms. The van der Waals surface area contributed by atoms with E-state index in [2.05, 4.69) is 0 Å². The van der Waals surface area contributed by atoms with Gasteiger partial charge in [-0.15, -0.1) is 0 Å². The third kappa shape index (κ3) is 3.27. The predicted molar refractivity (Wildman–Crippen MR) is 99.1 cm³/mol. The summed E-state index contributed by atoms with van der Waals surface area (Å²) in [5, 5.41) is 0. The van der Waals surface area contributed by atoms with Crippen LogP contribution in [0.2, 0.25) is 0 Å². The SMILES string of the molecule is Cc1c(OCC(=O)c2ccccc2)ccc2c1O/C(=C\c1ccco1)C2=O. The Morgan fingerprint density at radius 2 is 1.89 bits per heavy atom. The number of carbonyl (C=O) groups excluding carboxylic acids is 2. The topological polar surface area (TPSA) is 65.7 Å². The normalized spacial score (nSPS) is 14.1. The summed E-state index contributed by atoms with van der Waals surface area (Å²) in [7, 11) is 0. The summed E-state index contributed by atoms with van der Waals surface area (Å²) < 4.78 is 16.7. The molecular formula is C22H16O5. The van der Waals surface area contributed by atoms with Crippen LogP contribution in [0.4, 0.5) is 0 Å². The van der Waals surface area contributed by atoms with E-state index in [4.69, 9.17) is 13.9 Å². The zero-order valence-electron chi connectivity index (χ0n) is 14.6. The molecule has 4 rings (SSSR count). The van der Waals surface area contributed by atoms with E-state index in [1.165, 1.54) is 6.26 Å². The predicted octanol–water partition coefficient (Wildman–Crippen LogP) is 4.47. The highest BCUT2D eigenvalue weighted by atomic mass is 16.5. The number of furan rings is 1. The van der Waals surface area contributed by atoms with Crippen LogP contribution in [0.3, 0.4) is 0 Å². The Hall–Kier alpha value is -3.60. The van der Waals surface area contributed by atoms with Crippen LogP contribution >= 0.6 is 0 Å². The molecule has 0 atom stereocenters. The molecule has 5 heteroatoms. The Labute approximate surface area is 155 Å². The molecule has 5 nitrogen and oxygen atoms in total. The Balaban J connectivity index is 1.54. The lowest BCUT2D eigenvalue weighted by molar-refractivity contribution is 0.0920. The minimum atomic E-state index is -0.212. The number of ether oxygens (including phenoxy) is 2. The molecule has 0 amide bonds. The van der Waals surface area contributed by atoms with Gasteiger partial charge in [-0.1, -0.05) is 30.3 Å². The Bertz CT molecular complexity index is 1030. The second-order valence-electron chi connectivity index (χ2n) is 6.10. The van der Waals surface area contributed by atoms with Gasteiger partial charge in [-0.25, -0.2) is 0 Å². The van der Waals surface area contributed by atoms with Gasteiger partial charge in [0.15, 0.2) is 18.1 Å². The van der Waals surface area contributed by atoms with Crippen LogP contribution in [-0.4, -0.2) is 18.2 Å². The maximum absolute atomic E-state index is 12.5. The maximum Gasteiger partial charge on any atom is 0.232 e. The summed E-state index contributed by atoms with van der Waals surface area (Å²) in [6.07, 6.45) is 3.08. The van der Waals surface area contributed by atoms with Crippen molar-refractivity contribution in [1.29, 1.82) is 0 Å². The third-order valence-corrected chi connectivity index (χ3v) is 4.31. The number of Topliss-reactive ketones (excluding diaryl/α,β-unsaturated/α-hetero) is 2. The van der Waals surface area contributed by atoms with Crippen molar-refractivity contribution < 1.29 is 23.5 Å². The summed E-state index contributed by atoms with van der Waals surface area (Å²) in [5.41, 5.74) is 1.73. The van der Waals surface area contributed by atoms with Crippen molar-refractivity contribution in [3.63, 3.8) is 0 Å². The first-order chi connectivity index (χ1) is 13.1. The van der Waals surface area contributed by atoms with E-state index < -0.39 is 0 Å². The van der Waals surface area contributed by atoms with E-state index >= 15 is 0 Å². The van der Waals surface area contributed by atoms with Gasteiger partial charge in [-0.3, -0.25) is 9.59 Å². The second-order valence-corrected chi connectivity index (χ2v) is 6.10. The minimum absolute atomic E-state index is 0.0906. The van der Waals surface area contributed by atoms with Crippen LogP contribution in [-0.2, 0) is 0 Å². The number of allylic oxidation sites excluding steroid dienone is 1. The lowest BCUT2D eigenvalue weighted by Crippen LogP contribution is -2.12. The number of benzene rings is 2. The average molecular weight is 360 g/mol. The number of hydrogen-bond donors (Lipinski definition) is 0. The summed E-state index contributed by atoms with van der Waals surface area (Å²) in [4.78, 5) is 24.7. The van der Waals surface area contributed by atoms with Gasteiger partial charge in [0, 0.05) is 17.2 Å².